The van der Waals surface area contributed by atoms with E-state index in [9.17, 15) is 4.79 Å². The highest BCUT2D eigenvalue weighted by atomic mass is 16.6. The van der Waals surface area contributed by atoms with E-state index in [2.05, 4.69) is 44.2 Å². The Morgan fingerprint density at radius 2 is 1.65 bits per heavy atom. The van der Waals surface area contributed by atoms with E-state index in [4.69, 9.17) is 9.26 Å². The lowest BCUT2D eigenvalue weighted by Crippen LogP contribution is -2.53. The van der Waals surface area contributed by atoms with Crippen LogP contribution in [0.2, 0.25) is 0 Å². The fourth-order valence-electron chi connectivity index (χ4n) is 4.83. The Labute approximate surface area is 200 Å². The molecule has 178 valence electrons. The number of carbonyl (C=O) groups is 1. The number of nitrogens with zero attached hydrogens (tertiary/aromatic N) is 5. The highest BCUT2D eigenvalue weighted by molar-refractivity contribution is 5.67. The number of anilines is 1. The van der Waals surface area contributed by atoms with Crippen LogP contribution in [-0.4, -0.2) is 78.0 Å². The molecule has 2 aliphatic heterocycles. The van der Waals surface area contributed by atoms with Gasteiger partial charge in [-0.05, 0) is 56.2 Å². The molecule has 2 aromatic carbocycles. The van der Waals surface area contributed by atoms with Crippen LogP contribution in [0.3, 0.4) is 0 Å². The summed E-state index contributed by atoms with van der Waals surface area (Å²) in [5.41, 5.74) is 3.08. The minimum absolute atomic E-state index is 0.175. The average Bonchev–Trinajstić information content (AvgIpc) is 3.40. The van der Waals surface area contributed by atoms with E-state index in [0.29, 0.717) is 24.4 Å². The number of hydrogen-bond donors (Lipinski definition) is 0. The molecule has 0 N–H and O–H groups in total. The molecule has 0 aliphatic carbocycles. The van der Waals surface area contributed by atoms with Gasteiger partial charge in [0.2, 0.25) is 5.82 Å². The van der Waals surface area contributed by atoms with Crippen molar-refractivity contribution in [1.82, 2.24) is 19.9 Å². The average molecular weight is 462 g/mol. The van der Waals surface area contributed by atoms with E-state index in [0.717, 1.165) is 63.2 Å². The molecule has 34 heavy (non-hydrogen) atoms. The third kappa shape index (κ3) is 4.92. The monoisotopic (exact) mass is 461 g/mol. The fraction of sp³-hybridized carbons (Fsp3) is 0.423. The smallest absolute Gasteiger partial charge is 0.409 e. The van der Waals surface area contributed by atoms with Gasteiger partial charge in [-0.2, -0.15) is 4.98 Å². The predicted octanol–water partition coefficient (Wildman–Crippen LogP) is 4.15. The Hall–Kier alpha value is -3.39. The maximum absolute atomic E-state index is 11.9. The van der Waals surface area contributed by atoms with Gasteiger partial charge in [0.25, 0.3) is 5.89 Å². The number of likely N-dealkylation sites (tertiary alicyclic amines) is 1. The van der Waals surface area contributed by atoms with Crippen LogP contribution >= 0.6 is 0 Å². The van der Waals surface area contributed by atoms with Crippen LogP contribution in [0.5, 0.6) is 0 Å². The van der Waals surface area contributed by atoms with Gasteiger partial charge >= 0.3 is 6.09 Å². The minimum Gasteiger partial charge on any atom is -0.450 e. The van der Waals surface area contributed by atoms with Crippen LogP contribution in [0.4, 0.5) is 10.5 Å². The van der Waals surface area contributed by atoms with E-state index < -0.39 is 0 Å². The van der Waals surface area contributed by atoms with Crippen LogP contribution in [0.1, 0.15) is 19.8 Å². The summed E-state index contributed by atoms with van der Waals surface area (Å²) in [6, 6.07) is 18.8. The van der Waals surface area contributed by atoms with Gasteiger partial charge in [-0.3, -0.25) is 4.90 Å². The first kappa shape index (κ1) is 22.4. The van der Waals surface area contributed by atoms with Gasteiger partial charge in [-0.1, -0.05) is 23.4 Å². The summed E-state index contributed by atoms with van der Waals surface area (Å²) < 4.78 is 10.6. The highest BCUT2D eigenvalue weighted by Crippen LogP contribution is 2.26. The summed E-state index contributed by atoms with van der Waals surface area (Å²) in [7, 11) is 0. The van der Waals surface area contributed by atoms with Gasteiger partial charge in [0, 0.05) is 62.1 Å². The number of aromatic nitrogens is 2. The van der Waals surface area contributed by atoms with Gasteiger partial charge < -0.3 is 19.1 Å². The quantitative estimate of drug-likeness (QED) is 0.565. The van der Waals surface area contributed by atoms with Crippen molar-refractivity contribution in [2.75, 3.05) is 50.8 Å². The van der Waals surface area contributed by atoms with Gasteiger partial charge in [-0.25, -0.2) is 4.79 Å². The van der Waals surface area contributed by atoms with E-state index in [1.54, 1.807) is 0 Å². The van der Waals surface area contributed by atoms with Crippen molar-refractivity contribution in [3.05, 3.63) is 54.6 Å². The maximum Gasteiger partial charge on any atom is 0.409 e. The number of amides is 1. The topological polar surface area (TPSA) is 74.9 Å². The molecular weight excluding hydrogens is 430 g/mol. The van der Waals surface area contributed by atoms with Crippen molar-refractivity contribution in [2.45, 2.75) is 25.8 Å². The number of carbonyl (C=O) groups excluding carboxylic acids is 1. The van der Waals surface area contributed by atoms with Crippen molar-refractivity contribution in [3.63, 3.8) is 0 Å². The van der Waals surface area contributed by atoms with Crippen LogP contribution in [0.15, 0.2) is 59.1 Å². The summed E-state index contributed by atoms with van der Waals surface area (Å²) in [4.78, 5) is 23.3. The van der Waals surface area contributed by atoms with E-state index in [1.807, 2.05) is 42.2 Å². The Morgan fingerprint density at radius 1 is 0.941 bits per heavy atom. The number of piperidine rings is 1. The van der Waals surface area contributed by atoms with Gasteiger partial charge in [0.15, 0.2) is 0 Å². The molecular formula is C26H31N5O3. The minimum atomic E-state index is -0.175. The molecule has 3 heterocycles. The van der Waals surface area contributed by atoms with Crippen molar-refractivity contribution in [3.8, 4) is 22.8 Å². The molecule has 1 aromatic heterocycles. The van der Waals surface area contributed by atoms with Crippen molar-refractivity contribution in [2.24, 2.45) is 0 Å². The summed E-state index contributed by atoms with van der Waals surface area (Å²) in [5.74, 6) is 1.13. The molecule has 0 unspecified atom stereocenters. The van der Waals surface area contributed by atoms with Crippen molar-refractivity contribution in [1.29, 1.82) is 0 Å². The Kier molecular flexibility index (Phi) is 6.76. The molecule has 2 fully saturated rings. The summed E-state index contributed by atoms with van der Waals surface area (Å²) in [6.45, 7) is 7.93. The van der Waals surface area contributed by atoms with Crippen LogP contribution < -0.4 is 4.90 Å². The molecule has 8 heteroatoms. The molecule has 2 saturated heterocycles. The third-order valence-electron chi connectivity index (χ3n) is 6.76. The molecule has 3 aromatic rings. The Balaban J connectivity index is 1.14. The molecule has 0 atom stereocenters. The lowest BCUT2D eigenvalue weighted by molar-refractivity contribution is 0.0729. The number of hydrogen-bond acceptors (Lipinski definition) is 7. The number of benzene rings is 2. The predicted molar refractivity (Wildman–Crippen MR) is 131 cm³/mol. The third-order valence-corrected chi connectivity index (χ3v) is 6.76. The second kappa shape index (κ2) is 10.3. The van der Waals surface area contributed by atoms with E-state index in [1.165, 1.54) is 5.69 Å². The van der Waals surface area contributed by atoms with Gasteiger partial charge in [0.05, 0.1) is 6.61 Å². The van der Waals surface area contributed by atoms with Gasteiger partial charge in [-0.15, -0.1) is 0 Å². The molecule has 0 saturated carbocycles. The lowest BCUT2D eigenvalue weighted by atomic mass is 10.0. The van der Waals surface area contributed by atoms with E-state index >= 15 is 0 Å². The maximum atomic E-state index is 11.9. The summed E-state index contributed by atoms with van der Waals surface area (Å²) >= 11 is 0. The van der Waals surface area contributed by atoms with Crippen LogP contribution in [0, 0.1) is 0 Å². The highest BCUT2D eigenvalue weighted by Gasteiger charge is 2.29. The van der Waals surface area contributed by atoms with Crippen LogP contribution in [-0.2, 0) is 4.74 Å². The number of rotatable bonds is 5. The normalized spacial score (nSPS) is 17.7. The van der Waals surface area contributed by atoms with Crippen molar-refractivity contribution < 1.29 is 14.1 Å². The fourth-order valence-corrected chi connectivity index (χ4v) is 4.83. The molecule has 0 radical (unpaired) electrons. The second-order valence-electron chi connectivity index (χ2n) is 8.78. The zero-order chi connectivity index (χ0) is 23.3. The molecule has 0 bridgehead atoms. The molecule has 0 spiro atoms. The number of piperazine rings is 1. The SMILES string of the molecule is CCOC(=O)N1CCC(N2CCN(c3ccc(-c4noc(-c5ccccc5)n4)cc3)CC2)CC1. The largest absolute Gasteiger partial charge is 0.450 e. The van der Waals surface area contributed by atoms with Gasteiger partial charge in [0.1, 0.15) is 0 Å². The summed E-state index contributed by atoms with van der Waals surface area (Å²) in [5, 5.41) is 4.15. The Bertz CT molecular complexity index is 1070. The standard InChI is InChI=1S/C26H31N5O3/c1-2-33-26(32)31-14-12-23(13-15-31)30-18-16-29(17-19-30)22-10-8-20(9-11-22)24-27-25(34-28-24)21-6-4-3-5-7-21/h3-11,23H,2,12-19H2,1H3. The first-order chi connectivity index (χ1) is 16.7. The Morgan fingerprint density at radius 3 is 2.32 bits per heavy atom. The second-order valence-corrected chi connectivity index (χ2v) is 8.78. The molecule has 2 aliphatic rings. The zero-order valence-electron chi connectivity index (χ0n) is 19.6. The summed E-state index contributed by atoms with van der Waals surface area (Å²) in [6.07, 6.45) is 1.86. The first-order valence-corrected chi connectivity index (χ1v) is 12.1. The zero-order valence-corrected chi connectivity index (χ0v) is 19.6. The van der Waals surface area contributed by atoms with Crippen LogP contribution in [0.25, 0.3) is 22.8 Å². The molecule has 1 amide bonds. The lowest BCUT2D eigenvalue weighted by Gasteiger charge is -2.43. The van der Waals surface area contributed by atoms with E-state index in [-0.39, 0.29) is 6.09 Å². The van der Waals surface area contributed by atoms with Crippen molar-refractivity contribution >= 4 is 11.8 Å². The molecule has 5 rings (SSSR count). The molecule has 8 nitrogen and oxygen atoms in total. The first-order valence-electron chi connectivity index (χ1n) is 12.1. The number of ether oxygens (including phenoxy) is 1.